The van der Waals surface area contributed by atoms with E-state index in [1.165, 1.54) is 0 Å². The number of halogens is 2. The van der Waals surface area contributed by atoms with Crippen molar-refractivity contribution in [2.75, 3.05) is 11.4 Å². The second-order valence-electron chi connectivity index (χ2n) is 4.85. The van der Waals surface area contributed by atoms with E-state index < -0.39 is 5.82 Å². The minimum Gasteiger partial charge on any atom is -0.339 e. The van der Waals surface area contributed by atoms with Gasteiger partial charge in [-0.1, -0.05) is 29.8 Å². The summed E-state index contributed by atoms with van der Waals surface area (Å²) >= 11 is 5.88. The summed E-state index contributed by atoms with van der Waals surface area (Å²) in [6.45, 7) is 2.62. The third kappa shape index (κ3) is 2.70. The predicted molar refractivity (Wildman–Crippen MR) is 88.1 cm³/mol. The number of rotatable bonds is 4. The Balaban J connectivity index is 1.96. The van der Waals surface area contributed by atoms with Gasteiger partial charge < -0.3 is 4.90 Å². The van der Waals surface area contributed by atoms with Gasteiger partial charge in [0.1, 0.15) is 0 Å². The molecule has 0 saturated heterocycles. The van der Waals surface area contributed by atoms with E-state index >= 15 is 0 Å². The number of hydrogen-bond donors (Lipinski definition) is 1. The van der Waals surface area contributed by atoms with Gasteiger partial charge in [-0.15, -0.1) is 0 Å². The van der Waals surface area contributed by atoms with Crippen LogP contribution in [0, 0.1) is 5.82 Å². The standard InChI is InChI=1S/C17H15ClFN3/c1-2-22(16-5-3-4-15(18)17(16)19)14-8-6-12(7-9-14)13-10-20-21-11-13/h3-11H,2H2,1H3,(H,20,21). The normalized spacial score (nSPS) is 10.7. The van der Waals surface area contributed by atoms with Crippen molar-refractivity contribution >= 4 is 23.0 Å². The number of anilines is 2. The molecule has 1 aromatic heterocycles. The van der Waals surface area contributed by atoms with Crippen molar-refractivity contribution in [3.63, 3.8) is 0 Å². The molecule has 0 atom stereocenters. The van der Waals surface area contributed by atoms with Crippen LogP contribution in [0.4, 0.5) is 15.8 Å². The van der Waals surface area contributed by atoms with Crippen molar-refractivity contribution < 1.29 is 4.39 Å². The molecule has 0 radical (unpaired) electrons. The average molecular weight is 316 g/mol. The van der Waals surface area contributed by atoms with Gasteiger partial charge in [0.2, 0.25) is 0 Å². The maximum Gasteiger partial charge on any atom is 0.165 e. The molecule has 112 valence electrons. The van der Waals surface area contributed by atoms with Crippen molar-refractivity contribution in [3.05, 3.63) is 65.7 Å². The third-order valence-electron chi connectivity index (χ3n) is 3.55. The van der Waals surface area contributed by atoms with E-state index in [2.05, 4.69) is 10.2 Å². The summed E-state index contributed by atoms with van der Waals surface area (Å²) in [6.07, 6.45) is 3.60. The molecule has 0 bridgehead atoms. The van der Waals surface area contributed by atoms with Crippen LogP contribution < -0.4 is 4.90 Å². The van der Waals surface area contributed by atoms with E-state index in [1.807, 2.05) is 42.3 Å². The Morgan fingerprint density at radius 3 is 2.55 bits per heavy atom. The van der Waals surface area contributed by atoms with Crippen molar-refractivity contribution in [1.29, 1.82) is 0 Å². The second kappa shape index (κ2) is 6.20. The largest absolute Gasteiger partial charge is 0.339 e. The number of H-pyrrole nitrogens is 1. The summed E-state index contributed by atoms with van der Waals surface area (Å²) in [5.74, 6) is -0.398. The Kier molecular flexibility index (Phi) is 4.11. The summed E-state index contributed by atoms with van der Waals surface area (Å²) in [5, 5.41) is 6.86. The molecule has 0 amide bonds. The van der Waals surface area contributed by atoms with Gasteiger partial charge in [0.15, 0.2) is 5.82 Å². The van der Waals surface area contributed by atoms with Crippen LogP contribution in [0.5, 0.6) is 0 Å². The number of nitrogens with zero attached hydrogens (tertiary/aromatic N) is 2. The zero-order chi connectivity index (χ0) is 15.5. The van der Waals surface area contributed by atoms with Crippen molar-refractivity contribution in [3.8, 4) is 11.1 Å². The quantitative estimate of drug-likeness (QED) is 0.732. The van der Waals surface area contributed by atoms with Crippen molar-refractivity contribution in [2.24, 2.45) is 0 Å². The Morgan fingerprint density at radius 1 is 1.14 bits per heavy atom. The first-order valence-electron chi connectivity index (χ1n) is 7.01. The fourth-order valence-electron chi connectivity index (χ4n) is 2.44. The van der Waals surface area contributed by atoms with E-state index in [-0.39, 0.29) is 5.02 Å². The smallest absolute Gasteiger partial charge is 0.165 e. The minimum atomic E-state index is -0.398. The lowest BCUT2D eigenvalue weighted by Gasteiger charge is -2.24. The molecule has 0 aliphatic carbocycles. The van der Waals surface area contributed by atoms with E-state index in [0.717, 1.165) is 16.8 Å². The van der Waals surface area contributed by atoms with E-state index in [1.54, 1.807) is 24.4 Å². The van der Waals surface area contributed by atoms with Gasteiger partial charge in [0, 0.05) is 24.0 Å². The lowest BCUT2D eigenvalue weighted by molar-refractivity contribution is 0.626. The number of hydrogen-bond acceptors (Lipinski definition) is 2. The van der Waals surface area contributed by atoms with Gasteiger partial charge in [0.05, 0.1) is 16.9 Å². The first-order chi connectivity index (χ1) is 10.7. The van der Waals surface area contributed by atoms with Crippen LogP contribution in [0.3, 0.4) is 0 Å². The lowest BCUT2D eigenvalue weighted by Crippen LogP contribution is -2.17. The molecule has 0 aliphatic heterocycles. The summed E-state index contributed by atoms with van der Waals surface area (Å²) in [4.78, 5) is 1.89. The van der Waals surface area contributed by atoms with Gasteiger partial charge in [-0.25, -0.2) is 4.39 Å². The van der Waals surface area contributed by atoms with E-state index in [4.69, 9.17) is 11.6 Å². The first kappa shape index (κ1) is 14.6. The molecular weight excluding hydrogens is 301 g/mol. The van der Waals surface area contributed by atoms with Crippen LogP contribution in [0.25, 0.3) is 11.1 Å². The molecule has 22 heavy (non-hydrogen) atoms. The molecule has 0 spiro atoms. The molecular formula is C17H15ClFN3. The minimum absolute atomic E-state index is 0.131. The van der Waals surface area contributed by atoms with Crippen LogP contribution >= 0.6 is 11.6 Å². The monoisotopic (exact) mass is 315 g/mol. The molecule has 2 aromatic carbocycles. The summed E-state index contributed by atoms with van der Waals surface area (Å²) in [6, 6.07) is 12.9. The van der Waals surface area contributed by atoms with Gasteiger partial charge >= 0.3 is 0 Å². The Morgan fingerprint density at radius 2 is 1.91 bits per heavy atom. The molecule has 3 aromatic rings. The third-order valence-corrected chi connectivity index (χ3v) is 3.84. The first-order valence-corrected chi connectivity index (χ1v) is 7.39. The maximum atomic E-state index is 14.2. The topological polar surface area (TPSA) is 31.9 Å². The van der Waals surface area contributed by atoms with E-state index in [9.17, 15) is 4.39 Å². The highest BCUT2D eigenvalue weighted by Gasteiger charge is 2.14. The lowest BCUT2D eigenvalue weighted by atomic mass is 10.1. The molecule has 1 heterocycles. The second-order valence-corrected chi connectivity index (χ2v) is 5.26. The maximum absolute atomic E-state index is 14.2. The van der Waals surface area contributed by atoms with Crippen molar-refractivity contribution in [1.82, 2.24) is 10.2 Å². The van der Waals surface area contributed by atoms with Crippen molar-refractivity contribution in [2.45, 2.75) is 6.92 Å². The SMILES string of the molecule is CCN(c1ccc(-c2cn[nH]c2)cc1)c1cccc(Cl)c1F. The van der Waals surface area contributed by atoms with Gasteiger partial charge in [-0.2, -0.15) is 5.10 Å². The zero-order valence-corrected chi connectivity index (χ0v) is 12.8. The van der Waals surface area contributed by atoms with Crippen LogP contribution in [-0.4, -0.2) is 16.7 Å². The molecule has 0 unspecified atom stereocenters. The summed E-state index contributed by atoms with van der Waals surface area (Å²) in [5.41, 5.74) is 3.46. The molecule has 3 rings (SSSR count). The van der Waals surface area contributed by atoms with Crippen LogP contribution in [-0.2, 0) is 0 Å². The number of benzene rings is 2. The predicted octanol–water partition coefficient (Wildman–Crippen LogP) is 5.03. The molecule has 0 fully saturated rings. The summed E-state index contributed by atoms with van der Waals surface area (Å²) < 4.78 is 14.2. The van der Waals surface area contributed by atoms with Crippen LogP contribution in [0.1, 0.15) is 6.92 Å². The van der Waals surface area contributed by atoms with Crippen LogP contribution in [0.15, 0.2) is 54.9 Å². The highest BCUT2D eigenvalue weighted by atomic mass is 35.5. The Bertz CT molecular complexity index is 754. The summed E-state index contributed by atoms with van der Waals surface area (Å²) in [7, 11) is 0. The molecule has 0 aliphatic rings. The molecule has 3 nitrogen and oxygen atoms in total. The molecule has 5 heteroatoms. The number of aromatic nitrogens is 2. The molecule has 1 N–H and O–H groups in total. The fourth-order valence-corrected chi connectivity index (χ4v) is 2.61. The highest BCUT2D eigenvalue weighted by Crippen LogP contribution is 2.32. The average Bonchev–Trinajstić information content (AvgIpc) is 3.07. The zero-order valence-electron chi connectivity index (χ0n) is 12.1. The number of nitrogens with one attached hydrogen (secondary N) is 1. The highest BCUT2D eigenvalue weighted by molar-refractivity contribution is 6.31. The Hall–Kier alpha value is -2.33. The van der Waals surface area contributed by atoms with E-state index in [0.29, 0.717) is 12.2 Å². The number of aromatic amines is 1. The molecule has 0 saturated carbocycles. The van der Waals surface area contributed by atoms with Crippen LogP contribution in [0.2, 0.25) is 5.02 Å². The fraction of sp³-hybridized carbons (Fsp3) is 0.118. The van der Waals surface area contributed by atoms with Gasteiger partial charge in [0.25, 0.3) is 0 Å². The van der Waals surface area contributed by atoms with Gasteiger partial charge in [-0.05, 0) is 36.8 Å². The Labute approximate surface area is 133 Å². The van der Waals surface area contributed by atoms with Gasteiger partial charge in [-0.3, -0.25) is 5.10 Å².